The number of rotatable bonds is 9. The minimum atomic E-state index is -4.30. The van der Waals surface area contributed by atoms with Crippen LogP contribution in [0.4, 0.5) is 18.9 Å². The van der Waals surface area contributed by atoms with E-state index in [0.717, 1.165) is 34.5 Å². The number of aryl methyl sites for hydroxylation is 3. The van der Waals surface area contributed by atoms with Gasteiger partial charge in [-0.2, -0.15) is 18.3 Å². The van der Waals surface area contributed by atoms with Crippen molar-refractivity contribution in [1.29, 1.82) is 0 Å². The summed E-state index contributed by atoms with van der Waals surface area (Å²) in [6.45, 7) is 6.58. The molecule has 2 N–H and O–H groups in total. The maximum absolute atomic E-state index is 13.2. The number of hydrogen-bond donors (Lipinski definition) is 2. The van der Waals surface area contributed by atoms with Gasteiger partial charge in [0.1, 0.15) is 0 Å². The van der Waals surface area contributed by atoms with E-state index in [2.05, 4.69) is 10.4 Å². The Kier molecular flexibility index (Phi) is 8.85. The summed E-state index contributed by atoms with van der Waals surface area (Å²) in [7, 11) is 0. The SMILES string of the molecule is CCc1nn(-c2ccc(C(CCC(F)(F)F)Nc3ccc(C(=O)N4CCC[C@@H](C(=O)O)C4)cc3)c(C)c2)cc1C. The van der Waals surface area contributed by atoms with Gasteiger partial charge in [0.2, 0.25) is 0 Å². The molecule has 2 atom stereocenters. The molecule has 10 heteroatoms. The number of halogens is 3. The van der Waals surface area contributed by atoms with Crippen LogP contribution in [0.3, 0.4) is 0 Å². The van der Waals surface area contributed by atoms with E-state index in [1.807, 2.05) is 45.2 Å². The summed E-state index contributed by atoms with van der Waals surface area (Å²) >= 11 is 0. The fraction of sp³-hybridized carbons (Fsp3) is 0.433. The summed E-state index contributed by atoms with van der Waals surface area (Å²) in [6.07, 6.45) is -1.47. The second-order valence-corrected chi connectivity index (χ2v) is 10.5. The Morgan fingerprint density at radius 1 is 1.12 bits per heavy atom. The number of likely N-dealkylation sites (tertiary alicyclic amines) is 1. The van der Waals surface area contributed by atoms with Crippen LogP contribution in [0.5, 0.6) is 0 Å². The van der Waals surface area contributed by atoms with E-state index in [1.54, 1.807) is 33.8 Å². The second-order valence-electron chi connectivity index (χ2n) is 10.5. The molecule has 0 radical (unpaired) electrons. The summed E-state index contributed by atoms with van der Waals surface area (Å²) in [4.78, 5) is 25.9. The first-order valence-corrected chi connectivity index (χ1v) is 13.6. The summed E-state index contributed by atoms with van der Waals surface area (Å²) in [5.74, 6) is -1.73. The maximum Gasteiger partial charge on any atom is 0.389 e. The van der Waals surface area contributed by atoms with Crippen molar-refractivity contribution in [2.45, 2.75) is 65.1 Å². The Labute approximate surface area is 232 Å². The molecule has 1 aliphatic rings. The van der Waals surface area contributed by atoms with Crippen LogP contribution in [0, 0.1) is 19.8 Å². The van der Waals surface area contributed by atoms with Gasteiger partial charge in [0.05, 0.1) is 23.3 Å². The molecule has 1 aromatic heterocycles. The number of nitrogens with zero attached hydrogens (tertiary/aromatic N) is 3. The topological polar surface area (TPSA) is 87.5 Å². The highest BCUT2D eigenvalue weighted by atomic mass is 19.4. The van der Waals surface area contributed by atoms with Gasteiger partial charge in [0.25, 0.3) is 5.91 Å². The number of carboxylic acid groups (broad SMARTS) is 1. The largest absolute Gasteiger partial charge is 0.481 e. The number of carbonyl (C=O) groups excluding carboxylic acids is 1. The number of anilines is 1. The van der Waals surface area contributed by atoms with E-state index < -0.39 is 30.5 Å². The number of amides is 1. The monoisotopic (exact) mass is 556 g/mol. The fourth-order valence-corrected chi connectivity index (χ4v) is 5.24. The minimum absolute atomic E-state index is 0.157. The Bertz CT molecular complexity index is 1350. The van der Waals surface area contributed by atoms with Crippen LogP contribution in [-0.2, 0) is 11.2 Å². The van der Waals surface area contributed by atoms with Crippen molar-refractivity contribution in [1.82, 2.24) is 14.7 Å². The summed E-state index contributed by atoms with van der Waals surface area (Å²) in [5, 5.41) is 17.2. The zero-order valence-electron chi connectivity index (χ0n) is 23.0. The highest BCUT2D eigenvalue weighted by molar-refractivity contribution is 5.95. The van der Waals surface area contributed by atoms with E-state index in [4.69, 9.17) is 0 Å². The highest BCUT2D eigenvalue weighted by Crippen LogP contribution is 2.33. The standard InChI is InChI=1S/C30H35F3N4O3/c1-4-26-20(3)17-37(35-26)24-11-12-25(19(2)16-24)27(13-14-30(31,32)33)34-23-9-7-21(8-10-23)28(38)36-15-5-6-22(18-36)29(39)40/h7-12,16-17,22,27,34H,4-6,13-15,18H2,1-3H3,(H,39,40)/t22-,27?/m1/s1. The van der Waals surface area contributed by atoms with Crippen LogP contribution in [-0.4, -0.2) is 50.9 Å². The third kappa shape index (κ3) is 7.03. The number of carbonyl (C=O) groups is 2. The van der Waals surface area contributed by atoms with Gasteiger partial charge in [-0.15, -0.1) is 0 Å². The normalized spacial score (nSPS) is 16.6. The highest BCUT2D eigenvalue weighted by Gasteiger charge is 2.30. The molecule has 1 amide bonds. The van der Waals surface area contributed by atoms with E-state index in [0.29, 0.717) is 30.6 Å². The molecule has 3 aromatic rings. The molecule has 0 saturated carbocycles. The molecule has 1 saturated heterocycles. The Morgan fingerprint density at radius 2 is 1.85 bits per heavy atom. The predicted octanol–water partition coefficient (Wildman–Crippen LogP) is 6.48. The van der Waals surface area contributed by atoms with E-state index >= 15 is 0 Å². The lowest BCUT2D eigenvalue weighted by molar-refractivity contribution is -0.143. The molecule has 40 heavy (non-hydrogen) atoms. The van der Waals surface area contributed by atoms with Gasteiger partial charge in [-0.05, 0) is 92.6 Å². The van der Waals surface area contributed by atoms with Crippen LogP contribution in [0.25, 0.3) is 5.69 Å². The fourth-order valence-electron chi connectivity index (χ4n) is 5.24. The Hall–Kier alpha value is -3.82. The summed E-state index contributed by atoms with van der Waals surface area (Å²) < 4.78 is 41.4. The van der Waals surface area contributed by atoms with Gasteiger partial charge in [-0.1, -0.05) is 13.0 Å². The third-order valence-corrected chi connectivity index (χ3v) is 7.47. The quantitative estimate of drug-likeness (QED) is 0.315. The first-order chi connectivity index (χ1) is 18.9. The molecule has 0 bridgehead atoms. The Morgan fingerprint density at radius 3 is 2.45 bits per heavy atom. The van der Waals surface area contributed by atoms with Crippen molar-refractivity contribution < 1.29 is 27.9 Å². The van der Waals surface area contributed by atoms with Gasteiger partial charge in [-0.3, -0.25) is 9.59 Å². The van der Waals surface area contributed by atoms with Crippen LogP contribution in [0.1, 0.15) is 71.4 Å². The van der Waals surface area contributed by atoms with E-state index in [-0.39, 0.29) is 18.9 Å². The van der Waals surface area contributed by atoms with E-state index in [1.165, 1.54) is 0 Å². The van der Waals surface area contributed by atoms with Crippen molar-refractivity contribution in [2.75, 3.05) is 18.4 Å². The van der Waals surface area contributed by atoms with Crippen molar-refractivity contribution >= 4 is 17.6 Å². The van der Waals surface area contributed by atoms with Gasteiger partial charge < -0.3 is 15.3 Å². The average Bonchev–Trinajstić information content (AvgIpc) is 3.31. The molecule has 2 heterocycles. The lowest BCUT2D eigenvalue weighted by atomic mass is 9.96. The first-order valence-electron chi connectivity index (χ1n) is 13.6. The summed E-state index contributed by atoms with van der Waals surface area (Å²) in [6, 6.07) is 11.6. The molecule has 0 spiro atoms. The van der Waals surface area contributed by atoms with E-state index in [9.17, 15) is 27.9 Å². The van der Waals surface area contributed by atoms with Gasteiger partial charge in [0, 0.05) is 37.0 Å². The predicted molar refractivity (Wildman–Crippen MR) is 147 cm³/mol. The van der Waals surface area contributed by atoms with Crippen LogP contribution >= 0.6 is 0 Å². The smallest absolute Gasteiger partial charge is 0.389 e. The molecule has 4 rings (SSSR count). The van der Waals surface area contributed by atoms with Crippen molar-refractivity contribution in [2.24, 2.45) is 5.92 Å². The lowest BCUT2D eigenvalue weighted by Crippen LogP contribution is -2.42. The van der Waals surface area contributed by atoms with Crippen molar-refractivity contribution in [3.05, 3.63) is 76.6 Å². The molecule has 1 unspecified atom stereocenters. The van der Waals surface area contributed by atoms with Gasteiger partial charge >= 0.3 is 12.1 Å². The maximum atomic E-state index is 13.2. The average molecular weight is 557 g/mol. The second kappa shape index (κ2) is 12.1. The minimum Gasteiger partial charge on any atom is -0.481 e. The molecular formula is C30H35F3N4O3. The van der Waals surface area contributed by atoms with Gasteiger partial charge in [-0.25, -0.2) is 4.68 Å². The zero-order chi connectivity index (χ0) is 29.0. The van der Waals surface area contributed by atoms with Crippen molar-refractivity contribution in [3.8, 4) is 5.69 Å². The number of benzene rings is 2. The molecule has 214 valence electrons. The van der Waals surface area contributed by atoms with Crippen LogP contribution < -0.4 is 5.32 Å². The number of aromatic nitrogens is 2. The number of aliphatic carboxylic acids is 1. The molecule has 1 fully saturated rings. The number of nitrogens with one attached hydrogen (secondary N) is 1. The first kappa shape index (κ1) is 29.2. The molecule has 2 aromatic carbocycles. The van der Waals surface area contributed by atoms with Crippen LogP contribution in [0.15, 0.2) is 48.7 Å². The summed E-state index contributed by atoms with van der Waals surface area (Å²) in [5.41, 5.74) is 5.50. The van der Waals surface area contributed by atoms with Crippen LogP contribution in [0.2, 0.25) is 0 Å². The van der Waals surface area contributed by atoms with Gasteiger partial charge in [0.15, 0.2) is 0 Å². The third-order valence-electron chi connectivity index (χ3n) is 7.47. The number of hydrogen-bond acceptors (Lipinski definition) is 4. The number of carboxylic acids is 1. The molecule has 0 aliphatic carbocycles. The zero-order valence-corrected chi connectivity index (χ0v) is 23.0. The number of piperidine rings is 1. The molecule has 1 aliphatic heterocycles. The molecule has 7 nitrogen and oxygen atoms in total. The Balaban J connectivity index is 1.53. The lowest BCUT2D eigenvalue weighted by Gasteiger charge is -2.30. The molecular weight excluding hydrogens is 521 g/mol. The van der Waals surface area contributed by atoms with Crippen molar-refractivity contribution in [3.63, 3.8) is 0 Å². The number of alkyl halides is 3.